The Morgan fingerprint density at radius 3 is 2.14 bits per heavy atom. The van der Waals surface area contributed by atoms with Gasteiger partial charge < -0.3 is 24.6 Å². The van der Waals surface area contributed by atoms with Crippen LogP contribution >= 0.6 is 0 Å². The predicted octanol–water partition coefficient (Wildman–Crippen LogP) is 0.419. The van der Waals surface area contributed by atoms with Gasteiger partial charge in [0.2, 0.25) is 0 Å². The van der Waals surface area contributed by atoms with Crippen LogP contribution in [-0.4, -0.2) is 67.9 Å². The Morgan fingerprint density at radius 2 is 1.64 bits per heavy atom. The third kappa shape index (κ3) is 6.81. The molecule has 0 radical (unpaired) electrons. The van der Waals surface area contributed by atoms with E-state index in [-0.39, 0.29) is 32.1 Å². The van der Waals surface area contributed by atoms with E-state index in [0.717, 1.165) is 0 Å². The lowest BCUT2D eigenvalue weighted by atomic mass is 10.2. The average Bonchev–Trinajstić information content (AvgIpc) is 2.53. The molecule has 0 spiro atoms. The minimum atomic E-state index is -0.438. The van der Waals surface area contributed by atoms with Crippen LogP contribution in [0, 0.1) is 10.1 Å². The number of nitro groups is 1. The van der Waals surface area contributed by atoms with Gasteiger partial charge in [-0.2, -0.15) is 0 Å². The van der Waals surface area contributed by atoms with Crippen molar-refractivity contribution in [2.75, 3.05) is 57.6 Å². The zero-order valence-corrected chi connectivity index (χ0v) is 12.4. The van der Waals surface area contributed by atoms with Crippen molar-refractivity contribution < 1.29 is 24.6 Å². The van der Waals surface area contributed by atoms with Gasteiger partial charge in [-0.3, -0.25) is 10.1 Å². The van der Waals surface area contributed by atoms with Crippen molar-refractivity contribution in [3.63, 3.8) is 0 Å². The molecule has 0 aromatic heterocycles. The van der Waals surface area contributed by atoms with Gasteiger partial charge in [0.1, 0.15) is 0 Å². The second kappa shape index (κ2) is 10.9. The Balaban J connectivity index is 2.65. The van der Waals surface area contributed by atoms with E-state index in [1.807, 2.05) is 4.90 Å². The van der Waals surface area contributed by atoms with Crippen LogP contribution in [0.25, 0.3) is 0 Å². The summed E-state index contributed by atoms with van der Waals surface area (Å²) in [7, 11) is 0. The zero-order chi connectivity index (χ0) is 16.2. The van der Waals surface area contributed by atoms with Crippen LogP contribution in [0.3, 0.4) is 0 Å². The normalized spacial score (nSPS) is 10.6. The lowest BCUT2D eigenvalue weighted by Gasteiger charge is -2.24. The Morgan fingerprint density at radius 1 is 1.05 bits per heavy atom. The number of hydrogen-bond acceptors (Lipinski definition) is 7. The van der Waals surface area contributed by atoms with Crippen molar-refractivity contribution >= 4 is 11.4 Å². The van der Waals surface area contributed by atoms with Crippen molar-refractivity contribution in [2.45, 2.75) is 0 Å². The molecule has 0 amide bonds. The molecule has 0 heterocycles. The highest BCUT2D eigenvalue weighted by Crippen LogP contribution is 2.20. The molecule has 0 atom stereocenters. The molecule has 0 aliphatic carbocycles. The molecular formula is C14H22N2O6. The summed E-state index contributed by atoms with van der Waals surface area (Å²) in [5, 5.41) is 28.2. The Labute approximate surface area is 129 Å². The molecule has 0 aliphatic rings. The van der Waals surface area contributed by atoms with Crippen molar-refractivity contribution in [1.82, 2.24) is 0 Å². The largest absolute Gasteiger partial charge is 0.394 e. The van der Waals surface area contributed by atoms with Gasteiger partial charge in [-0.05, 0) is 6.07 Å². The Kier molecular flexibility index (Phi) is 9.08. The second-order valence-electron chi connectivity index (χ2n) is 4.44. The quantitative estimate of drug-likeness (QED) is 0.327. The number of benzene rings is 1. The van der Waals surface area contributed by atoms with Gasteiger partial charge in [0.15, 0.2) is 0 Å². The number of nitro benzene ring substituents is 1. The monoisotopic (exact) mass is 314 g/mol. The van der Waals surface area contributed by atoms with E-state index in [1.54, 1.807) is 12.1 Å². The van der Waals surface area contributed by atoms with Crippen LogP contribution in [0.15, 0.2) is 24.3 Å². The summed E-state index contributed by atoms with van der Waals surface area (Å²) in [6.45, 7) is 2.24. The number of hydrogen-bond donors (Lipinski definition) is 2. The maximum Gasteiger partial charge on any atom is 0.271 e. The standard InChI is InChI=1S/C14H22N2O6/c17-6-10-21-8-4-15(5-9-22-11-7-18)13-2-1-3-14(12-13)16(19)20/h1-3,12,17-18H,4-11H2. The van der Waals surface area contributed by atoms with E-state index in [1.165, 1.54) is 12.1 Å². The average molecular weight is 314 g/mol. The minimum Gasteiger partial charge on any atom is -0.394 e. The fourth-order valence-corrected chi connectivity index (χ4v) is 1.86. The van der Waals surface area contributed by atoms with Crippen LogP contribution in [-0.2, 0) is 9.47 Å². The smallest absolute Gasteiger partial charge is 0.271 e. The second-order valence-corrected chi connectivity index (χ2v) is 4.44. The van der Waals surface area contributed by atoms with Gasteiger partial charge in [-0.15, -0.1) is 0 Å². The summed E-state index contributed by atoms with van der Waals surface area (Å²) >= 11 is 0. The fourth-order valence-electron chi connectivity index (χ4n) is 1.86. The number of anilines is 1. The first-order valence-corrected chi connectivity index (χ1v) is 7.05. The van der Waals surface area contributed by atoms with Gasteiger partial charge in [0.05, 0.1) is 44.6 Å². The van der Waals surface area contributed by atoms with Crippen LogP contribution in [0.1, 0.15) is 0 Å². The van der Waals surface area contributed by atoms with Gasteiger partial charge in [-0.1, -0.05) is 6.07 Å². The molecule has 2 N–H and O–H groups in total. The van der Waals surface area contributed by atoms with Crippen LogP contribution in [0.4, 0.5) is 11.4 Å². The van der Waals surface area contributed by atoms with Gasteiger partial charge in [0, 0.05) is 30.9 Å². The van der Waals surface area contributed by atoms with Crippen LogP contribution in [0.5, 0.6) is 0 Å². The first-order valence-electron chi connectivity index (χ1n) is 7.05. The molecule has 22 heavy (non-hydrogen) atoms. The maximum atomic E-state index is 10.9. The molecule has 1 aromatic carbocycles. The van der Waals surface area contributed by atoms with Crippen molar-refractivity contribution in [2.24, 2.45) is 0 Å². The highest BCUT2D eigenvalue weighted by molar-refractivity contribution is 5.53. The SMILES string of the molecule is O=[N+]([O-])c1cccc(N(CCOCCO)CCOCCO)c1. The molecule has 8 heteroatoms. The van der Waals surface area contributed by atoms with Crippen LogP contribution in [0.2, 0.25) is 0 Å². The Bertz CT molecular complexity index is 431. The van der Waals surface area contributed by atoms with Crippen LogP contribution < -0.4 is 4.90 Å². The zero-order valence-electron chi connectivity index (χ0n) is 12.4. The molecule has 0 saturated heterocycles. The first kappa shape index (κ1) is 18.3. The molecule has 0 fully saturated rings. The summed E-state index contributed by atoms with van der Waals surface area (Å²) < 4.78 is 10.5. The number of aliphatic hydroxyl groups is 2. The lowest BCUT2D eigenvalue weighted by molar-refractivity contribution is -0.384. The van der Waals surface area contributed by atoms with E-state index in [4.69, 9.17) is 19.7 Å². The molecule has 0 unspecified atom stereocenters. The number of aliphatic hydroxyl groups excluding tert-OH is 2. The summed E-state index contributed by atoms with van der Waals surface area (Å²) in [4.78, 5) is 12.3. The maximum absolute atomic E-state index is 10.9. The number of non-ortho nitro benzene ring substituents is 1. The molecule has 0 saturated carbocycles. The molecule has 1 rings (SSSR count). The molecule has 0 aliphatic heterocycles. The number of rotatable bonds is 12. The highest BCUT2D eigenvalue weighted by atomic mass is 16.6. The minimum absolute atomic E-state index is 0.0232. The van der Waals surface area contributed by atoms with E-state index >= 15 is 0 Å². The molecule has 8 nitrogen and oxygen atoms in total. The summed E-state index contributed by atoms with van der Waals surface area (Å²) in [6, 6.07) is 6.35. The Hall–Kier alpha value is -1.74. The van der Waals surface area contributed by atoms with E-state index in [2.05, 4.69) is 0 Å². The summed E-state index contributed by atoms with van der Waals surface area (Å²) in [5.74, 6) is 0. The number of nitrogens with zero attached hydrogens (tertiary/aromatic N) is 2. The predicted molar refractivity (Wildman–Crippen MR) is 81.1 cm³/mol. The van der Waals surface area contributed by atoms with Gasteiger partial charge in [0.25, 0.3) is 5.69 Å². The molecule has 0 bridgehead atoms. The van der Waals surface area contributed by atoms with E-state index in [0.29, 0.717) is 32.0 Å². The summed E-state index contributed by atoms with van der Waals surface area (Å²) in [6.07, 6.45) is 0. The van der Waals surface area contributed by atoms with Crippen molar-refractivity contribution in [1.29, 1.82) is 0 Å². The van der Waals surface area contributed by atoms with Gasteiger partial charge in [-0.25, -0.2) is 0 Å². The van der Waals surface area contributed by atoms with E-state index < -0.39 is 4.92 Å². The third-order valence-electron chi connectivity index (χ3n) is 2.89. The van der Waals surface area contributed by atoms with Crippen molar-refractivity contribution in [3.8, 4) is 0 Å². The lowest BCUT2D eigenvalue weighted by Crippen LogP contribution is -2.31. The third-order valence-corrected chi connectivity index (χ3v) is 2.89. The summed E-state index contributed by atoms with van der Waals surface area (Å²) in [5.41, 5.74) is 0.726. The number of ether oxygens (including phenoxy) is 2. The fraction of sp³-hybridized carbons (Fsp3) is 0.571. The van der Waals surface area contributed by atoms with Gasteiger partial charge >= 0.3 is 0 Å². The highest BCUT2D eigenvalue weighted by Gasteiger charge is 2.11. The van der Waals surface area contributed by atoms with Crippen molar-refractivity contribution in [3.05, 3.63) is 34.4 Å². The topological polar surface area (TPSA) is 105 Å². The van der Waals surface area contributed by atoms with E-state index in [9.17, 15) is 10.1 Å². The first-order chi connectivity index (χ1) is 10.7. The molecule has 1 aromatic rings. The molecule has 124 valence electrons. The molecular weight excluding hydrogens is 292 g/mol.